The van der Waals surface area contributed by atoms with Crippen molar-refractivity contribution < 1.29 is 31.5 Å². The normalized spacial score (nSPS) is 14.6. The van der Waals surface area contributed by atoms with Crippen LogP contribution in [0, 0.1) is 5.92 Å². The van der Waals surface area contributed by atoms with Crippen LogP contribution in [0.25, 0.3) is 10.9 Å². The average Bonchev–Trinajstić information content (AvgIpc) is 3.47. The quantitative estimate of drug-likeness (QED) is 0.564. The average molecular weight is 441 g/mol. The summed E-state index contributed by atoms with van der Waals surface area (Å²) < 4.78 is 68.4. The van der Waals surface area contributed by atoms with Crippen LogP contribution in [0.4, 0.5) is 27.8 Å². The summed E-state index contributed by atoms with van der Waals surface area (Å²) in [6, 6.07) is 4.37. The minimum Gasteiger partial charge on any atom is -0.471 e. The molecular weight excluding hydrogens is 425 g/mol. The van der Waals surface area contributed by atoms with E-state index in [1.165, 1.54) is 24.5 Å². The third-order valence-corrected chi connectivity index (χ3v) is 4.63. The maximum atomic E-state index is 12.9. The lowest BCUT2D eigenvalue weighted by molar-refractivity contribution is -0.290. The minimum absolute atomic E-state index is 0.0231. The van der Waals surface area contributed by atoms with Gasteiger partial charge in [0.15, 0.2) is 6.61 Å². The van der Waals surface area contributed by atoms with Crippen LogP contribution in [0.3, 0.4) is 0 Å². The van der Waals surface area contributed by atoms with Gasteiger partial charge in [-0.05, 0) is 24.5 Å². The molecule has 0 bridgehead atoms. The fourth-order valence-electron chi connectivity index (χ4n) is 2.76. The number of nitrogens with zero attached hydrogens (tertiary/aromatic N) is 4. The second kappa shape index (κ2) is 7.75. The first kappa shape index (κ1) is 20.9. The van der Waals surface area contributed by atoms with Crippen LogP contribution in [-0.4, -0.2) is 44.4 Å². The van der Waals surface area contributed by atoms with Crippen molar-refractivity contribution in [3.8, 4) is 5.88 Å². The predicted molar refractivity (Wildman–Crippen MR) is 98.7 cm³/mol. The predicted octanol–water partition coefficient (Wildman–Crippen LogP) is 3.80. The highest BCUT2D eigenvalue weighted by Crippen LogP contribution is 2.35. The molecule has 12 heteroatoms. The fraction of sp³-hybridized carbons (Fsp3) is 0.368. The van der Waals surface area contributed by atoms with Gasteiger partial charge < -0.3 is 10.1 Å². The van der Waals surface area contributed by atoms with E-state index in [0.717, 1.165) is 12.8 Å². The summed E-state index contributed by atoms with van der Waals surface area (Å²) in [6.45, 7) is -1.60. The van der Waals surface area contributed by atoms with Gasteiger partial charge in [0.25, 0.3) is 0 Å². The first-order valence-electron chi connectivity index (χ1n) is 9.28. The number of amides is 1. The van der Waals surface area contributed by atoms with Gasteiger partial charge in [0.05, 0.1) is 17.4 Å². The Morgan fingerprint density at radius 1 is 1.16 bits per heavy atom. The summed E-state index contributed by atoms with van der Waals surface area (Å²) in [5.41, 5.74) is 1.22. The van der Waals surface area contributed by atoms with Crippen LogP contribution in [0.2, 0.25) is 0 Å². The van der Waals surface area contributed by atoms with E-state index in [-0.39, 0.29) is 24.2 Å². The maximum absolute atomic E-state index is 12.9. The Labute approximate surface area is 172 Å². The smallest absolute Gasteiger partial charge is 0.456 e. The van der Waals surface area contributed by atoms with Crippen molar-refractivity contribution in [2.24, 2.45) is 5.92 Å². The van der Waals surface area contributed by atoms with Crippen molar-refractivity contribution in [1.82, 2.24) is 19.7 Å². The third-order valence-electron chi connectivity index (χ3n) is 4.63. The Morgan fingerprint density at radius 2 is 1.94 bits per heavy atom. The summed E-state index contributed by atoms with van der Waals surface area (Å²) in [7, 11) is 0. The molecule has 0 radical (unpaired) electrons. The number of rotatable bonds is 7. The fourth-order valence-corrected chi connectivity index (χ4v) is 2.76. The van der Waals surface area contributed by atoms with E-state index in [2.05, 4.69) is 25.1 Å². The molecule has 3 aromatic heterocycles. The minimum atomic E-state index is -5.69. The van der Waals surface area contributed by atoms with Gasteiger partial charge in [-0.25, -0.2) is 9.97 Å². The summed E-state index contributed by atoms with van der Waals surface area (Å²) in [6.07, 6.45) is 0.553. The number of fused-ring (bicyclic) bond motifs is 1. The molecular formula is C19H16F5N5O2. The summed E-state index contributed by atoms with van der Waals surface area (Å²) in [5.74, 6) is -4.97. The van der Waals surface area contributed by atoms with Gasteiger partial charge in [-0.2, -0.15) is 27.1 Å². The zero-order valence-electron chi connectivity index (χ0n) is 15.9. The van der Waals surface area contributed by atoms with E-state index in [1.807, 2.05) is 0 Å². The molecule has 3 aromatic rings. The number of pyridine rings is 2. The lowest BCUT2D eigenvalue weighted by Crippen LogP contribution is -2.41. The van der Waals surface area contributed by atoms with Crippen molar-refractivity contribution in [3.05, 3.63) is 42.4 Å². The Balaban J connectivity index is 1.42. The highest BCUT2D eigenvalue weighted by molar-refractivity contribution is 6.00. The Kier molecular flexibility index (Phi) is 5.23. The van der Waals surface area contributed by atoms with Crippen molar-refractivity contribution in [1.29, 1.82) is 0 Å². The van der Waals surface area contributed by atoms with Gasteiger partial charge >= 0.3 is 12.1 Å². The molecule has 1 aliphatic carbocycles. The van der Waals surface area contributed by atoms with E-state index < -0.39 is 18.7 Å². The topological polar surface area (TPSA) is 81.9 Å². The summed E-state index contributed by atoms with van der Waals surface area (Å²) >= 11 is 0. The number of carbonyl (C=O) groups excluding carboxylic acids is 1. The lowest BCUT2D eigenvalue weighted by Gasteiger charge is -2.19. The number of alkyl halides is 5. The summed E-state index contributed by atoms with van der Waals surface area (Å²) in [5, 5.41) is 7.84. The second-order valence-corrected chi connectivity index (χ2v) is 7.18. The van der Waals surface area contributed by atoms with E-state index >= 15 is 0 Å². The molecule has 1 N–H and O–H groups in total. The van der Waals surface area contributed by atoms with Crippen LogP contribution in [0.15, 0.2) is 36.8 Å². The Morgan fingerprint density at radius 3 is 2.58 bits per heavy atom. The number of anilines is 1. The zero-order chi connectivity index (χ0) is 22.2. The molecule has 3 heterocycles. The standard InChI is InChI=1S/C19H16F5N5O2/c20-18(21,19(22,23)24)10-31-15-4-1-11(7-26-15)8-29-9-13-14(28-29)5-6-25-16(13)27-17(30)12-2-3-12/h1,4-7,9,12H,2-3,8,10H2,(H,25,27,30). The van der Waals surface area contributed by atoms with Crippen molar-refractivity contribution in [3.63, 3.8) is 0 Å². The molecule has 0 saturated heterocycles. The second-order valence-electron chi connectivity index (χ2n) is 7.18. The third kappa shape index (κ3) is 4.72. The Hall–Kier alpha value is -3.31. The van der Waals surface area contributed by atoms with Gasteiger partial charge in [0.2, 0.25) is 11.8 Å². The number of carbonyl (C=O) groups is 1. The molecule has 0 aromatic carbocycles. The lowest BCUT2D eigenvalue weighted by atomic mass is 10.3. The van der Waals surface area contributed by atoms with E-state index in [0.29, 0.717) is 22.3 Å². The number of halogens is 5. The number of aromatic nitrogens is 4. The van der Waals surface area contributed by atoms with E-state index in [9.17, 15) is 26.7 Å². The SMILES string of the molecule is O=C(Nc1nccc2nn(Cc3ccc(OCC(F)(F)C(F)(F)F)nc3)cc12)C1CC1. The van der Waals surface area contributed by atoms with Crippen LogP contribution >= 0.6 is 0 Å². The molecule has 1 saturated carbocycles. The molecule has 1 fully saturated rings. The van der Waals surface area contributed by atoms with Gasteiger partial charge in [0, 0.05) is 30.6 Å². The van der Waals surface area contributed by atoms with Gasteiger partial charge in [-0.15, -0.1) is 0 Å². The zero-order valence-corrected chi connectivity index (χ0v) is 15.9. The molecule has 4 rings (SSSR count). The van der Waals surface area contributed by atoms with Gasteiger partial charge in [-0.3, -0.25) is 9.48 Å². The van der Waals surface area contributed by atoms with Gasteiger partial charge in [0.1, 0.15) is 5.82 Å². The molecule has 1 aliphatic rings. The van der Waals surface area contributed by atoms with Crippen LogP contribution < -0.4 is 10.1 Å². The molecule has 0 unspecified atom stereocenters. The first-order valence-corrected chi connectivity index (χ1v) is 9.28. The molecule has 0 aliphatic heterocycles. The molecule has 1 amide bonds. The molecule has 0 atom stereocenters. The molecule has 0 spiro atoms. The summed E-state index contributed by atoms with van der Waals surface area (Å²) in [4.78, 5) is 20.0. The van der Waals surface area contributed by atoms with Crippen molar-refractivity contribution in [2.75, 3.05) is 11.9 Å². The van der Waals surface area contributed by atoms with E-state index in [4.69, 9.17) is 0 Å². The Bertz CT molecular complexity index is 1090. The van der Waals surface area contributed by atoms with Crippen LogP contribution in [0.5, 0.6) is 5.88 Å². The maximum Gasteiger partial charge on any atom is 0.456 e. The number of hydrogen-bond acceptors (Lipinski definition) is 5. The van der Waals surface area contributed by atoms with Crippen molar-refractivity contribution >= 4 is 22.6 Å². The first-order chi connectivity index (χ1) is 14.6. The van der Waals surface area contributed by atoms with E-state index in [1.54, 1.807) is 16.9 Å². The number of nitrogens with one attached hydrogen (secondary N) is 1. The monoisotopic (exact) mass is 441 g/mol. The van der Waals surface area contributed by atoms with Gasteiger partial charge in [-0.1, -0.05) is 6.07 Å². The number of ether oxygens (including phenoxy) is 1. The van der Waals surface area contributed by atoms with Crippen LogP contribution in [0.1, 0.15) is 18.4 Å². The highest BCUT2D eigenvalue weighted by Gasteiger charge is 2.58. The number of hydrogen-bond donors (Lipinski definition) is 1. The molecule has 31 heavy (non-hydrogen) atoms. The largest absolute Gasteiger partial charge is 0.471 e. The highest BCUT2D eigenvalue weighted by atomic mass is 19.4. The molecule has 164 valence electrons. The van der Waals surface area contributed by atoms with Crippen molar-refractivity contribution in [2.45, 2.75) is 31.5 Å². The molecule has 7 nitrogen and oxygen atoms in total. The van der Waals surface area contributed by atoms with Crippen LogP contribution in [-0.2, 0) is 11.3 Å².